The van der Waals surface area contributed by atoms with Crippen LogP contribution in [0.1, 0.15) is 0 Å². The molecule has 8 nitrogen and oxygen atoms in total. The average molecular weight is 579 g/mol. The number of hydrogen-bond donors (Lipinski definition) is 0. The summed E-state index contributed by atoms with van der Waals surface area (Å²) in [5, 5.41) is 9.68. The Labute approximate surface area is 226 Å². The molecule has 2 heterocycles. The Bertz CT molecular complexity index is 1860. The van der Waals surface area contributed by atoms with Crippen LogP contribution in [0.15, 0.2) is 129 Å². The van der Waals surface area contributed by atoms with E-state index in [4.69, 9.17) is 0 Å². The first-order valence-corrected chi connectivity index (χ1v) is 16.3. The van der Waals surface area contributed by atoms with Gasteiger partial charge in [-0.1, -0.05) is 70.1 Å². The molecule has 0 saturated carbocycles. The van der Waals surface area contributed by atoms with Crippen LogP contribution in [0.2, 0.25) is 0 Å². The van der Waals surface area contributed by atoms with Gasteiger partial charge in [0.25, 0.3) is 20.0 Å². The Morgan fingerprint density at radius 2 is 0.921 bits per heavy atom. The molecule has 0 spiro atoms. The highest BCUT2D eigenvalue weighted by atomic mass is 33.1. The molecule has 0 aliphatic rings. The van der Waals surface area contributed by atoms with Gasteiger partial charge in [-0.3, -0.25) is 0 Å². The van der Waals surface area contributed by atoms with Crippen LogP contribution >= 0.6 is 21.6 Å². The first-order valence-electron chi connectivity index (χ1n) is 11.3. The number of fused-ring (bicyclic) bond motifs is 2. The van der Waals surface area contributed by atoms with Crippen molar-refractivity contribution >= 4 is 63.4 Å². The van der Waals surface area contributed by atoms with E-state index in [1.165, 1.54) is 58.2 Å². The van der Waals surface area contributed by atoms with Gasteiger partial charge in [0, 0.05) is 20.6 Å². The smallest absolute Gasteiger partial charge is 0.199 e. The van der Waals surface area contributed by atoms with E-state index < -0.39 is 20.0 Å². The van der Waals surface area contributed by atoms with Crippen molar-refractivity contribution in [1.82, 2.24) is 18.4 Å². The topological polar surface area (TPSA) is 104 Å². The summed E-state index contributed by atoms with van der Waals surface area (Å²) in [7, 11) is -4.83. The van der Waals surface area contributed by atoms with Gasteiger partial charge < -0.3 is 0 Å². The van der Waals surface area contributed by atoms with Crippen molar-refractivity contribution < 1.29 is 16.8 Å². The maximum atomic E-state index is 13.1. The van der Waals surface area contributed by atoms with Crippen LogP contribution in [0.5, 0.6) is 0 Å². The third-order valence-electron chi connectivity index (χ3n) is 5.79. The van der Waals surface area contributed by atoms with Crippen molar-refractivity contribution in [2.45, 2.75) is 19.6 Å². The standard InChI is InChI=1S/C26H18N4O4S4/c31-37(32,23-7-3-1-4-8-23)29-25-15-21(13-11-19(25)17-27-29)35-36-22-14-12-20-18-28-30(26(20)16-22)38(33,34)24-9-5-2-6-10-24/h1-18H. The zero-order valence-electron chi connectivity index (χ0n) is 19.4. The second-order valence-corrected chi connectivity index (χ2v) is 14.0. The third kappa shape index (κ3) is 4.39. The lowest BCUT2D eigenvalue weighted by atomic mass is 10.3. The second-order valence-electron chi connectivity index (χ2n) is 8.22. The summed E-state index contributed by atoms with van der Waals surface area (Å²) < 4.78 is 54.7. The fourth-order valence-corrected chi connectivity index (χ4v) is 8.45. The Kier molecular flexibility index (Phi) is 6.26. The maximum Gasteiger partial charge on any atom is 0.283 e. The molecule has 6 aromatic rings. The van der Waals surface area contributed by atoms with E-state index in [0.717, 1.165) is 18.0 Å². The summed E-state index contributed by atoms with van der Waals surface area (Å²) in [6.45, 7) is 0. The predicted octanol–water partition coefficient (Wildman–Crippen LogP) is 5.66. The van der Waals surface area contributed by atoms with Crippen molar-refractivity contribution in [2.24, 2.45) is 0 Å². The van der Waals surface area contributed by atoms with Gasteiger partial charge in [0.2, 0.25) is 0 Å². The molecule has 0 bridgehead atoms. The van der Waals surface area contributed by atoms with Crippen molar-refractivity contribution in [1.29, 1.82) is 0 Å². The van der Waals surface area contributed by atoms with Gasteiger partial charge in [-0.2, -0.15) is 35.2 Å². The van der Waals surface area contributed by atoms with Gasteiger partial charge in [-0.25, -0.2) is 0 Å². The minimum Gasteiger partial charge on any atom is -0.199 e. The molecule has 0 amide bonds. The summed E-state index contributed by atoms with van der Waals surface area (Å²) in [5.41, 5.74) is 0.948. The summed E-state index contributed by atoms with van der Waals surface area (Å²) in [4.78, 5) is 1.96. The van der Waals surface area contributed by atoms with Crippen LogP contribution < -0.4 is 0 Å². The van der Waals surface area contributed by atoms with Crippen LogP contribution in [0, 0.1) is 0 Å². The predicted molar refractivity (Wildman–Crippen MR) is 149 cm³/mol. The van der Waals surface area contributed by atoms with Crippen LogP contribution in [-0.2, 0) is 20.0 Å². The second kappa shape index (κ2) is 9.62. The number of aromatic nitrogens is 4. The van der Waals surface area contributed by atoms with E-state index >= 15 is 0 Å². The van der Waals surface area contributed by atoms with Crippen molar-refractivity contribution in [3.05, 3.63) is 109 Å². The van der Waals surface area contributed by atoms with E-state index in [1.54, 1.807) is 48.5 Å². The van der Waals surface area contributed by atoms with Crippen molar-refractivity contribution in [3.63, 3.8) is 0 Å². The zero-order valence-corrected chi connectivity index (χ0v) is 22.7. The molecule has 0 saturated heterocycles. The van der Waals surface area contributed by atoms with Crippen LogP contribution in [-0.4, -0.2) is 35.2 Å². The van der Waals surface area contributed by atoms with Crippen LogP contribution in [0.4, 0.5) is 0 Å². The SMILES string of the molecule is O=S(=O)(c1ccccc1)n1ncc2ccc(SSc3ccc4cnn(S(=O)(=O)c5ccccc5)c4c3)cc21. The van der Waals surface area contributed by atoms with E-state index in [1.807, 2.05) is 24.3 Å². The zero-order chi connectivity index (χ0) is 26.3. The molecule has 12 heteroatoms. The van der Waals surface area contributed by atoms with Gasteiger partial charge in [0.15, 0.2) is 0 Å². The molecule has 0 aliphatic heterocycles. The fourth-order valence-electron chi connectivity index (χ4n) is 3.92. The lowest BCUT2D eigenvalue weighted by Crippen LogP contribution is -2.14. The van der Waals surface area contributed by atoms with Gasteiger partial charge in [-0.15, -0.1) is 0 Å². The largest absolute Gasteiger partial charge is 0.283 e. The monoisotopic (exact) mass is 578 g/mol. The average Bonchev–Trinajstić information content (AvgIpc) is 3.57. The molecule has 0 fully saturated rings. The van der Waals surface area contributed by atoms with E-state index in [0.29, 0.717) is 21.8 Å². The van der Waals surface area contributed by atoms with E-state index in [2.05, 4.69) is 10.2 Å². The molecule has 0 N–H and O–H groups in total. The molecule has 190 valence electrons. The van der Waals surface area contributed by atoms with E-state index in [-0.39, 0.29) is 9.79 Å². The molecule has 4 aromatic carbocycles. The normalized spacial score (nSPS) is 12.3. The highest BCUT2D eigenvalue weighted by molar-refractivity contribution is 8.76. The first kappa shape index (κ1) is 24.7. The minimum absolute atomic E-state index is 0.160. The minimum atomic E-state index is -3.84. The first-order chi connectivity index (χ1) is 18.3. The Hall–Kier alpha value is -3.58. The van der Waals surface area contributed by atoms with Gasteiger partial charge in [-0.05, 0) is 48.5 Å². The quantitative estimate of drug-likeness (QED) is 0.224. The van der Waals surface area contributed by atoms with Crippen molar-refractivity contribution in [3.8, 4) is 0 Å². The highest BCUT2D eigenvalue weighted by Crippen LogP contribution is 2.39. The maximum absolute atomic E-state index is 13.1. The van der Waals surface area contributed by atoms with Gasteiger partial charge in [0.05, 0.1) is 33.2 Å². The summed E-state index contributed by atoms with van der Waals surface area (Å²) >= 11 is 0. The Morgan fingerprint density at radius 3 is 1.32 bits per heavy atom. The number of hydrogen-bond acceptors (Lipinski definition) is 8. The lowest BCUT2D eigenvalue weighted by molar-refractivity contribution is 0.580. The summed E-state index contributed by atoms with van der Waals surface area (Å²) in [6.07, 6.45) is 3.05. The Morgan fingerprint density at radius 1 is 0.526 bits per heavy atom. The number of benzene rings is 4. The van der Waals surface area contributed by atoms with Gasteiger partial charge in [0.1, 0.15) is 0 Å². The van der Waals surface area contributed by atoms with Gasteiger partial charge >= 0.3 is 0 Å². The highest BCUT2D eigenvalue weighted by Gasteiger charge is 2.22. The summed E-state index contributed by atoms with van der Waals surface area (Å²) in [5.74, 6) is 0. The molecule has 0 atom stereocenters. The molecule has 6 rings (SSSR count). The number of nitrogens with zero attached hydrogens (tertiary/aromatic N) is 4. The Balaban J connectivity index is 1.30. The lowest BCUT2D eigenvalue weighted by Gasteiger charge is -2.08. The van der Waals surface area contributed by atoms with Crippen molar-refractivity contribution in [2.75, 3.05) is 0 Å². The molecule has 0 radical (unpaired) electrons. The molecule has 0 aliphatic carbocycles. The third-order valence-corrected chi connectivity index (χ3v) is 11.4. The molecular weight excluding hydrogens is 561 g/mol. The molecular formula is C26H18N4O4S4. The molecule has 38 heavy (non-hydrogen) atoms. The molecule has 2 aromatic heterocycles. The van der Waals surface area contributed by atoms with Crippen LogP contribution in [0.25, 0.3) is 21.8 Å². The fraction of sp³-hybridized carbons (Fsp3) is 0. The van der Waals surface area contributed by atoms with Crippen LogP contribution in [0.3, 0.4) is 0 Å². The number of rotatable bonds is 7. The molecule has 0 unspecified atom stereocenters. The summed E-state index contributed by atoms with van der Waals surface area (Å²) in [6, 6.07) is 27.4. The van der Waals surface area contributed by atoms with E-state index in [9.17, 15) is 16.8 Å².